The Balaban J connectivity index is 2.33. The summed E-state index contributed by atoms with van der Waals surface area (Å²) in [5.41, 5.74) is 7.15. The van der Waals surface area contributed by atoms with Gasteiger partial charge in [-0.1, -0.05) is 47.5 Å². The van der Waals surface area contributed by atoms with Gasteiger partial charge in [-0.15, -0.1) is 0 Å². The Labute approximate surface area is 122 Å². The van der Waals surface area contributed by atoms with Gasteiger partial charge in [0.05, 0.1) is 10.0 Å². The van der Waals surface area contributed by atoms with Crippen LogP contribution in [0.5, 0.6) is 0 Å². The predicted molar refractivity (Wildman–Crippen MR) is 78.1 cm³/mol. The molecule has 0 spiro atoms. The third kappa shape index (κ3) is 3.27. The van der Waals surface area contributed by atoms with Gasteiger partial charge in [-0.25, -0.2) is 4.39 Å². The number of hydrogen-bond donors (Lipinski definition) is 1. The second-order valence-electron chi connectivity index (χ2n) is 4.82. The topological polar surface area (TPSA) is 26.0 Å². The van der Waals surface area contributed by atoms with E-state index in [-0.39, 0.29) is 5.82 Å². The zero-order valence-electron chi connectivity index (χ0n) is 10.5. The molecule has 0 aliphatic carbocycles. The summed E-state index contributed by atoms with van der Waals surface area (Å²) in [5, 5.41) is 0.992. The lowest BCUT2D eigenvalue weighted by Gasteiger charge is -2.26. The molecule has 2 aromatic carbocycles. The fourth-order valence-electron chi connectivity index (χ4n) is 2.03. The zero-order valence-corrected chi connectivity index (χ0v) is 12.0. The smallest absolute Gasteiger partial charge is 0.123 e. The quantitative estimate of drug-likeness (QED) is 0.884. The summed E-state index contributed by atoms with van der Waals surface area (Å²) in [6, 6.07) is 11.7. The summed E-state index contributed by atoms with van der Waals surface area (Å²) in [7, 11) is 0. The molecule has 0 saturated heterocycles. The maximum Gasteiger partial charge on any atom is 0.123 e. The molecule has 19 heavy (non-hydrogen) atoms. The maximum atomic E-state index is 13.3. The number of rotatable bonds is 3. The Hall–Kier alpha value is -1.09. The monoisotopic (exact) mass is 297 g/mol. The van der Waals surface area contributed by atoms with Crippen molar-refractivity contribution in [3.8, 4) is 0 Å². The molecule has 4 heteroatoms. The van der Waals surface area contributed by atoms with E-state index >= 15 is 0 Å². The van der Waals surface area contributed by atoms with Gasteiger partial charge in [-0.2, -0.15) is 0 Å². The number of halogens is 3. The van der Waals surface area contributed by atoms with E-state index in [0.29, 0.717) is 16.5 Å². The first kappa shape index (κ1) is 14.3. The van der Waals surface area contributed by atoms with Crippen molar-refractivity contribution in [3.05, 3.63) is 69.5 Å². The fourth-order valence-corrected chi connectivity index (χ4v) is 2.41. The van der Waals surface area contributed by atoms with Crippen molar-refractivity contribution in [1.29, 1.82) is 0 Å². The van der Waals surface area contributed by atoms with Crippen LogP contribution in [0.25, 0.3) is 0 Å². The van der Waals surface area contributed by atoms with E-state index in [4.69, 9.17) is 28.9 Å². The van der Waals surface area contributed by atoms with Crippen molar-refractivity contribution < 1.29 is 4.39 Å². The van der Waals surface area contributed by atoms with Gasteiger partial charge in [0.1, 0.15) is 5.82 Å². The van der Waals surface area contributed by atoms with Crippen molar-refractivity contribution in [2.45, 2.75) is 18.9 Å². The van der Waals surface area contributed by atoms with Crippen LogP contribution in [0.3, 0.4) is 0 Å². The van der Waals surface area contributed by atoms with Crippen LogP contribution in [0.4, 0.5) is 4.39 Å². The molecule has 0 radical (unpaired) electrons. The molecule has 2 rings (SSSR count). The van der Waals surface area contributed by atoms with Gasteiger partial charge in [0.2, 0.25) is 0 Å². The minimum absolute atomic E-state index is 0.300. The highest BCUT2D eigenvalue weighted by atomic mass is 35.5. The van der Waals surface area contributed by atoms with E-state index in [2.05, 4.69) is 0 Å². The summed E-state index contributed by atoms with van der Waals surface area (Å²) in [6.07, 6.45) is 0.482. The lowest BCUT2D eigenvalue weighted by molar-refractivity contribution is 0.486. The molecule has 0 heterocycles. The van der Waals surface area contributed by atoms with E-state index in [1.165, 1.54) is 12.1 Å². The minimum Gasteiger partial charge on any atom is -0.321 e. The molecule has 0 aromatic heterocycles. The molecule has 1 atom stereocenters. The summed E-state index contributed by atoms with van der Waals surface area (Å²) in [5.74, 6) is -0.300. The molecule has 1 unspecified atom stereocenters. The molecule has 2 N–H and O–H groups in total. The highest BCUT2D eigenvalue weighted by molar-refractivity contribution is 6.42. The third-order valence-electron chi connectivity index (χ3n) is 3.07. The highest BCUT2D eigenvalue weighted by Crippen LogP contribution is 2.31. The second kappa shape index (κ2) is 5.49. The van der Waals surface area contributed by atoms with Crippen molar-refractivity contribution in [2.24, 2.45) is 5.73 Å². The zero-order chi connectivity index (χ0) is 14.0. The fraction of sp³-hybridized carbons (Fsp3) is 0.200. The summed E-state index contributed by atoms with van der Waals surface area (Å²) in [4.78, 5) is 0. The van der Waals surface area contributed by atoms with E-state index in [0.717, 1.165) is 11.1 Å². The molecule has 100 valence electrons. The average molecular weight is 298 g/mol. The van der Waals surface area contributed by atoms with Gasteiger partial charge < -0.3 is 5.73 Å². The number of benzene rings is 2. The van der Waals surface area contributed by atoms with Crippen LogP contribution in [-0.2, 0) is 12.0 Å². The van der Waals surface area contributed by atoms with Gasteiger partial charge in [0.15, 0.2) is 0 Å². The average Bonchev–Trinajstić information content (AvgIpc) is 2.35. The van der Waals surface area contributed by atoms with E-state index < -0.39 is 5.54 Å². The molecule has 0 saturated carbocycles. The maximum absolute atomic E-state index is 13.3. The van der Waals surface area contributed by atoms with Gasteiger partial charge in [0, 0.05) is 5.54 Å². The Morgan fingerprint density at radius 3 is 2.53 bits per heavy atom. The summed E-state index contributed by atoms with van der Waals surface area (Å²) < 4.78 is 13.3. The van der Waals surface area contributed by atoms with E-state index in [1.54, 1.807) is 12.1 Å². The first-order valence-electron chi connectivity index (χ1n) is 5.88. The van der Waals surface area contributed by atoms with Gasteiger partial charge in [0.25, 0.3) is 0 Å². The Kier molecular flexibility index (Phi) is 4.14. The van der Waals surface area contributed by atoms with E-state index in [1.807, 2.05) is 25.1 Å². The highest BCUT2D eigenvalue weighted by Gasteiger charge is 2.23. The van der Waals surface area contributed by atoms with Gasteiger partial charge in [-0.05, 0) is 42.7 Å². The molecular formula is C15H14Cl2FN. The third-order valence-corrected chi connectivity index (χ3v) is 3.93. The van der Waals surface area contributed by atoms with Crippen LogP contribution >= 0.6 is 23.2 Å². The molecule has 2 aromatic rings. The Bertz CT molecular complexity index is 596. The van der Waals surface area contributed by atoms with Crippen molar-refractivity contribution in [3.63, 3.8) is 0 Å². The van der Waals surface area contributed by atoms with Crippen LogP contribution in [0.2, 0.25) is 10.0 Å². The summed E-state index contributed by atoms with van der Waals surface area (Å²) >= 11 is 12.1. The number of hydrogen-bond acceptors (Lipinski definition) is 1. The number of nitrogens with two attached hydrogens (primary N) is 1. The lowest BCUT2D eigenvalue weighted by atomic mass is 9.86. The molecule has 1 nitrogen and oxygen atoms in total. The standard InChI is InChI=1S/C15H14Cl2FN/c1-15(19,11-5-3-6-12(18)8-11)9-10-4-2-7-13(16)14(10)17/h2-8H,9,19H2,1H3. The second-order valence-corrected chi connectivity index (χ2v) is 5.60. The minimum atomic E-state index is -0.712. The SMILES string of the molecule is CC(N)(Cc1cccc(Cl)c1Cl)c1cccc(F)c1. The molecular weight excluding hydrogens is 284 g/mol. The van der Waals surface area contributed by atoms with Crippen LogP contribution in [0, 0.1) is 5.82 Å². The summed E-state index contributed by atoms with van der Waals surface area (Å²) in [6.45, 7) is 1.85. The van der Waals surface area contributed by atoms with Crippen LogP contribution in [0.15, 0.2) is 42.5 Å². The molecule has 0 aliphatic heterocycles. The van der Waals surface area contributed by atoms with Crippen molar-refractivity contribution >= 4 is 23.2 Å². The molecule has 0 bridgehead atoms. The first-order chi connectivity index (χ1) is 8.90. The normalized spacial score (nSPS) is 14.2. The van der Waals surface area contributed by atoms with Crippen molar-refractivity contribution in [1.82, 2.24) is 0 Å². The Morgan fingerprint density at radius 2 is 1.84 bits per heavy atom. The van der Waals surface area contributed by atoms with Crippen molar-refractivity contribution in [2.75, 3.05) is 0 Å². The predicted octanol–water partition coefficient (Wildman–Crippen LogP) is 4.55. The van der Waals surface area contributed by atoms with Crippen LogP contribution < -0.4 is 5.73 Å². The first-order valence-corrected chi connectivity index (χ1v) is 6.63. The van der Waals surface area contributed by atoms with Crippen LogP contribution in [-0.4, -0.2) is 0 Å². The largest absolute Gasteiger partial charge is 0.321 e. The molecule has 0 aliphatic rings. The lowest BCUT2D eigenvalue weighted by Crippen LogP contribution is -2.35. The van der Waals surface area contributed by atoms with Crippen LogP contribution in [0.1, 0.15) is 18.1 Å². The molecule has 0 amide bonds. The van der Waals surface area contributed by atoms with E-state index in [9.17, 15) is 4.39 Å². The van der Waals surface area contributed by atoms with Gasteiger partial charge in [-0.3, -0.25) is 0 Å². The van der Waals surface area contributed by atoms with Gasteiger partial charge >= 0.3 is 0 Å². The Morgan fingerprint density at radius 1 is 1.16 bits per heavy atom. The molecule has 0 fully saturated rings.